The maximum atomic E-state index is 13.5. The van der Waals surface area contributed by atoms with E-state index in [0.717, 1.165) is 23.2 Å². The van der Waals surface area contributed by atoms with Gasteiger partial charge in [-0.3, -0.25) is 4.79 Å². The number of para-hydroxylation sites is 3. The zero-order chi connectivity index (χ0) is 22.3. The highest BCUT2D eigenvalue weighted by Crippen LogP contribution is 2.50. The number of nitrogens with zero attached hydrogens (tertiary/aromatic N) is 2. The SMILES string of the molecule is CC1(c2ccccc2)CC(C)(C)N(C(=O)CSc2nc3ccccc3o2)c2ccccc21. The molecule has 0 saturated heterocycles. The van der Waals surface area contributed by atoms with E-state index in [1.165, 1.54) is 22.9 Å². The Morgan fingerprint density at radius 2 is 1.66 bits per heavy atom. The van der Waals surface area contributed by atoms with Crippen molar-refractivity contribution >= 4 is 34.5 Å². The molecule has 1 unspecified atom stereocenters. The third-order valence-electron chi connectivity index (χ3n) is 6.38. The van der Waals surface area contributed by atoms with Crippen molar-refractivity contribution in [2.24, 2.45) is 0 Å². The number of carbonyl (C=O) groups excluding carboxylic acids is 1. The van der Waals surface area contributed by atoms with Crippen LogP contribution in [0.4, 0.5) is 5.69 Å². The maximum Gasteiger partial charge on any atom is 0.257 e. The number of oxazole rings is 1. The van der Waals surface area contributed by atoms with E-state index in [1.54, 1.807) is 0 Å². The lowest BCUT2D eigenvalue weighted by Gasteiger charge is -2.51. The predicted octanol–water partition coefficient (Wildman–Crippen LogP) is 6.44. The normalized spacial score (nSPS) is 19.7. The van der Waals surface area contributed by atoms with Crippen molar-refractivity contribution in [1.82, 2.24) is 4.98 Å². The summed E-state index contributed by atoms with van der Waals surface area (Å²) in [4.78, 5) is 20.0. The predicted molar refractivity (Wildman–Crippen MR) is 130 cm³/mol. The summed E-state index contributed by atoms with van der Waals surface area (Å²) in [6.07, 6.45) is 0.834. The van der Waals surface area contributed by atoms with Crippen LogP contribution in [0.3, 0.4) is 0 Å². The van der Waals surface area contributed by atoms with Gasteiger partial charge in [0.15, 0.2) is 5.58 Å². The van der Waals surface area contributed by atoms with E-state index in [1.807, 2.05) is 41.3 Å². The molecule has 4 nitrogen and oxygen atoms in total. The van der Waals surface area contributed by atoms with Crippen LogP contribution in [0.25, 0.3) is 11.1 Å². The Morgan fingerprint density at radius 3 is 2.44 bits per heavy atom. The smallest absolute Gasteiger partial charge is 0.257 e. The minimum absolute atomic E-state index is 0.0600. The summed E-state index contributed by atoms with van der Waals surface area (Å²) in [7, 11) is 0. The van der Waals surface area contributed by atoms with Crippen LogP contribution in [0, 0.1) is 0 Å². The Morgan fingerprint density at radius 1 is 0.969 bits per heavy atom. The van der Waals surface area contributed by atoms with Crippen LogP contribution in [0.2, 0.25) is 0 Å². The van der Waals surface area contributed by atoms with Gasteiger partial charge in [-0.05, 0) is 49.6 Å². The van der Waals surface area contributed by atoms with Crippen molar-refractivity contribution < 1.29 is 9.21 Å². The molecule has 0 bridgehead atoms. The number of carbonyl (C=O) groups is 1. The molecule has 0 fully saturated rings. The third-order valence-corrected chi connectivity index (χ3v) is 7.20. The molecule has 4 aromatic rings. The van der Waals surface area contributed by atoms with E-state index in [2.05, 4.69) is 68.2 Å². The molecule has 5 heteroatoms. The standard InChI is InChI=1S/C27H26N2O2S/c1-26(2)18-27(3,19-11-5-4-6-12-19)20-13-7-9-15-22(20)29(26)24(30)17-32-25-28-21-14-8-10-16-23(21)31-25/h4-16H,17-18H2,1-3H3. The number of fused-ring (bicyclic) bond motifs is 2. The molecule has 0 saturated carbocycles. The van der Waals surface area contributed by atoms with Gasteiger partial charge in [0, 0.05) is 16.6 Å². The number of rotatable bonds is 4. The Balaban J connectivity index is 1.47. The summed E-state index contributed by atoms with van der Waals surface area (Å²) in [5.41, 5.74) is 4.47. The number of benzene rings is 3. The number of thioether (sulfide) groups is 1. The Hall–Kier alpha value is -3.05. The van der Waals surface area contributed by atoms with Gasteiger partial charge in [-0.2, -0.15) is 0 Å². The highest BCUT2D eigenvalue weighted by molar-refractivity contribution is 7.99. The zero-order valence-corrected chi connectivity index (χ0v) is 19.4. The molecule has 0 radical (unpaired) electrons. The van der Waals surface area contributed by atoms with E-state index in [9.17, 15) is 4.79 Å². The minimum atomic E-state index is -0.349. The molecule has 2 heterocycles. The average Bonchev–Trinajstić information content (AvgIpc) is 3.21. The van der Waals surface area contributed by atoms with E-state index < -0.39 is 0 Å². The van der Waals surface area contributed by atoms with E-state index in [-0.39, 0.29) is 22.6 Å². The summed E-state index contributed by atoms with van der Waals surface area (Å²) in [6.45, 7) is 6.61. The number of hydrogen-bond acceptors (Lipinski definition) is 4. The fourth-order valence-corrected chi connectivity index (χ4v) is 5.82. The van der Waals surface area contributed by atoms with Gasteiger partial charge < -0.3 is 9.32 Å². The van der Waals surface area contributed by atoms with Gasteiger partial charge >= 0.3 is 0 Å². The zero-order valence-electron chi connectivity index (χ0n) is 18.5. The fraction of sp³-hybridized carbons (Fsp3) is 0.259. The molecule has 1 aliphatic rings. The molecule has 0 aliphatic carbocycles. The van der Waals surface area contributed by atoms with E-state index in [0.29, 0.717) is 5.22 Å². The first kappa shape index (κ1) is 20.8. The van der Waals surface area contributed by atoms with Gasteiger partial charge in [-0.1, -0.05) is 79.3 Å². The van der Waals surface area contributed by atoms with E-state index in [4.69, 9.17) is 4.42 Å². The van der Waals surface area contributed by atoms with Crippen molar-refractivity contribution in [1.29, 1.82) is 0 Å². The molecule has 32 heavy (non-hydrogen) atoms. The lowest BCUT2D eigenvalue weighted by molar-refractivity contribution is -0.117. The van der Waals surface area contributed by atoms with E-state index >= 15 is 0 Å². The monoisotopic (exact) mass is 442 g/mol. The van der Waals surface area contributed by atoms with Crippen LogP contribution in [0.1, 0.15) is 38.3 Å². The van der Waals surface area contributed by atoms with Gasteiger partial charge in [0.2, 0.25) is 5.91 Å². The quantitative estimate of drug-likeness (QED) is 0.341. The highest BCUT2D eigenvalue weighted by Gasteiger charge is 2.47. The average molecular weight is 443 g/mol. The molecule has 1 aliphatic heterocycles. The van der Waals surface area contributed by atoms with Gasteiger partial charge in [0.25, 0.3) is 5.22 Å². The number of amides is 1. The largest absolute Gasteiger partial charge is 0.431 e. The van der Waals surface area contributed by atoms with Crippen LogP contribution in [0.15, 0.2) is 88.5 Å². The molecule has 3 aromatic carbocycles. The van der Waals surface area contributed by atoms with Gasteiger partial charge in [0.1, 0.15) is 5.52 Å². The van der Waals surface area contributed by atoms with Crippen LogP contribution in [-0.4, -0.2) is 22.2 Å². The lowest BCUT2D eigenvalue weighted by atomic mass is 9.65. The second-order valence-corrected chi connectivity index (χ2v) is 10.1. The summed E-state index contributed by atoms with van der Waals surface area (Å²) < 4.78 is 5.80. The molecule has 0 N–H and O–H groups in total. The highest BCUT2D eigenvalue weighted by atomic mass is 32.2. The number of aromatic nitrogens is 1. The molecule has 1 aromatic heterocycles. The Labute approximate surface area is 192 Å². The summed E-state index contributed by atoms with van der Waals surface area (Å²) in [5.74, 6) is 0.330. The molecular formula is C27H26N2O2S. The molecule has 5 rings (SSSR count). The Bertz CT molecular complexity index is 1250. The number of anilines is 1. The summed E-state index contributed by atoms with van der Waals surface area (Å²) in [5, 5.41) is 0.525. The van der Waals surface area contributed by atoms with Gasteiger partial charge in [-0.25, -0.2) is 4.98 Å². The van der Waals surface area contributed by atoms with Crippen molar-refractivity contribution in [2.45, 2.75) is 43.4 Å². The van der Waals surface area contributed by atoms with Crippen LogP contribution < -0.4 is 4.90 Å². The van der Waals surface area contributed by atoms with Crippen molar-refractivity contribution in [3.05, 3.63) is 90.0 Å². The van der Waals surface area contributed by atoms with Crippen LogP contribution in [-0.2, 0) is 10.2 Å². The number of hydrogen-bond donors (Lipinski definition) is 0. The summed E-state index contributed by atoms with van der Waals surface area (Å²) in [6, 6.07) is 26.6. The topological polar surface area (TPSA) is 46.3 Å². The van der Waals surface area contributed by atoms with Crippen molar-refractivity contribution in [3.8, 4) is 0 Å². The maximum absolute atomic E-state index is 13.5. The third kappa shape index (κ3) is 3.51. The molecule has 0 spiro atoms. The second kappa shape index (κ2) is 7.82. The lowest BCUT2D eigenvalue weighted by Crippen LogP contribution is -2.56. The van der Waals surface area contributed by atoms with Crippen LogP contribution in [0.5, 0.6) is 0 Å². The van der Waals surface area contributed by atoms with Crippen molar-refractivity contribution in [2.75, 3.05) is 10.7 Å². The minimum Gasteiger partial charge on any atom is -0.431 e. The molecule has 1 atom stereocenters. The van der Waals surface area contributed by atoms with Crippen molar-refractivity contribution in [3.63, 3.8) is 0 Å². The molecular weight excluding hydrogens is 416 g/mol. The first-order chi connectivity index (χ1) is 15.4. The first-order valence-electron chi connectivity index (χ1n) is 10.8. The second-order valence-electron chi connectivity index (χ2n) is 9.17. The fourth-order valence-electron chi connectivity index (χ4n) is 5.14. The molecule has 1 amide bonds. The van der Waals surface area contributed by atoms with Gasteiger partial charge in [-0.15, -0.1) is 0 Å². The van der Waals surface area contributed by atoms with Gasteiger partial charge in [0.05, 0.1) is 5.75 Å². The summed E-state index contributed by atoms with van der Waals surface area (Å²) >= 11 is 1.35. The van der Waals surface area contributed by atoms with Crippen LogP contribution >= 0.6 is 11.8 Å². The molecule has 162 valence electrons. The Kier molecular flexibility index (Phi) is 5.09. The first-order valence-corrected chi connectivity index (χ1v) is 11.8.